The van der Waals surface area contributed by atoms with Gasteiger partial charge >= 0.3 is 65.2 Å². The number of fused-ring (bicyclic) bond motifs is 1. The fourth-order valence-corrected chi connectivity index (χ4v) is 2.66. The molecule has 0 saturated heterocycles. The van der Waals surface area contributed by atoms with Crippen molar-refractivity contribution in [2.45, 2.75) is 6.92 Å². The Morgan fingerprint density at radius 2 is 2.10 bits per heavy atom. The third-order valence-electron chi connectivity index (χ3n) is 1.56. The quantitative estimate of drug-likeness (QED) is 0.583. The third kappa shape index (κ3) is 0.808. The zero-order valence-electron chi connectivity index (χ0n) is 5.66. The molecular formula is C8H7NSe. The maximum absolute atomic E-state index is 4.38. The Hall–Kier alpha value is -0.591. The van der Waals surface area contributed by atoms with Gasteiger partial charge in [0.1, 0.15) is 0 Å². The number of hydrogen-bond donors (Lipinski definition) is 0. The Kier molecular flexibility index (Phi) is 1.37. The van der Waals surface area contributed by atoms with E-state index in [1.54, 1.807) is 0 Å². The van der Waals surface area contributed by atoms with E-state index in [2.05, 4.69) is 35.2 Å². The van der Waals surface area contributed by atoms with Crippen molar-refractivity contribution in [3.63, 3.8) is 0 Å². The van der Waals surface area contributed by atoms with Gasteiger partial charge in [0.15, 0.2) is 0 Å². The molecule has 0 spiro atoms. The first kappa shape index (κ1) is 6.14. The zero-order chi connectivity index (χ0) is 6.97. The van der Waals surface area contributed by atoms with E-state index >= 15 is 0 Å². The van der Waals surface area contributed by atoms with E-state index in [4.69, 9.17) is 0 Å². The summed E-state index contributed by atoms with van der Waals surface area (Å²) >= 11 is 0.362. The van der Waals surface area contributed by atoms with Crippen molar-refractivity contribution in [3.8, 4) is 0 Å². The van der Waals surface area contributed by atoms with Gasteiger partial charge in [0, 0.05) is 0 Å². The average molecular weight is 196 g/mol. The Morgan fingerprint density at radius 3 is 2.90 bits per heavy atom. The van der Waals surface area contributed by atoms with E-state index in [0.29, 0.717) is 14.7 Å². The summed E-state index contributed by atoms with van der Waals surface area (Å²) in [7, 11) is 0. The van der Waals surface area contributed by atoms with E-state index in [-0.39, 0.29) is 0 Å². The van der Waals surface area contributed by atoms with E-state index in [0.717, 1.165) is 0 Å². The summed E-state index contributed by atoms with van der Waals surface area (Å²) in [6.07, 6.45) is 0. The summed E-state index contributed by atoms with van der Waals surface area (Å²) in [5.41, 5.74) is 1.20. The molecule has 50 valence electrons. The van der Waals surface area contributed by atoms with Crippen LogP contribution in [0, 0.1) is 6.92 Å². The second kappa shape index (κ2) is 2.22. The average Bonchev–Trinajstić information content (AvgIpc) is 2.34. The topological polar surface area (TPSA) is 12.9 Å². The summed E-state index contributed by atoms with van der Waals surface area (Å²) < 4.78 is 5.81. The Labute approximate surface area is 65.7 Å². The molecule has 2 heteroatoms. The minimum absolute atomic E-state index is 0.362. The van der Waals surface area contributed by atoms with Crippen LogP contribution in [-0.4, -0.2) is 18.7 Å². The van der Waals surface area contributed by atoms with Crippen molar-refractivity contribution in [1.29, 1.82) is 0 Å². The van der Waals surface area contributed by atoms with Crippen molar-refractivity contribution < 1.29 is 0 Å². The van der Waals surface area contributed by atoms with Gasteiger partial charge in [0.05, 0.1) is 0 Å². The predicted molar refractivity (Wildman–Crippen MR) is 43.4 cm³/mol. The van der Waals surface area contributed by atoms with Crippen LogP contribution in [0.3, 0.4) is 0 Å². The van der Waals surface area contributed by atoms with Crippen molar-refractivity contribution in [2.24, 2.45) is 0 Å². The standard InChI is InChI=1S/C8H7NSe/c1-6-7-4-2-3-5-8(7)10-9-6/h2-5H,1H3. The van der Waals surface area contributed by atoms with Crippen molar-refractivity contribution in [3.05, 3.63) is 30.0 Å². The molecule has 1 heterocycles. The van der Waals surface area contributed by atoms with Crippen LogP contribution >= 0.6 is 0 Å². The van der Waals surface area contributed by atoms with Crippen LogP contribution in [0.5, 0.6) is 0 Å². The van der Waals surface area contributed by atoms with Crippen LogP contribution in [0.4, 0.5) is 0 Å². The number of aromatic nitrogens is 1. The van der Waals surface area contributed by atoms with Gasteiger partial charge in [-0.3, -0.25) is 0 Å². The van der Waals surface area contributed by atoms with Gasteiger partial charge in [-0.1, -0.05) is 0 Å². The normalized spacial score (nSPS) is 10.5. The van der Waals surface area contributed by atoms with Gasteiger partial charge in [-0.05, 0) is 0 Å². The number of nitrogens with zero attached hydrogens (tertiary/aromatic N) is 1. The van der Waals surface area contributed by atoms with Gasteiger partial charge in [-0.15, -0.1) is 0 Å². The van der Waals surface area contributed by atoms with Crippen molar-refractivity contribution in [2.75, 3.05) is 0 Å². The van der Waals surface area contributed by atoms with Crippen LogP contribution in [0.2, 0.25) is 0 Å². The Bertz CT molecular complexity index is 351. The minimum atomic E-state index is 0.362. The third-order valence-corrected chi connectivity index (χ3v) is 3.48. The molecule has 0 unspecified atom stereocenters. The van der Waals surface area contributed by atoms with Crippen LogP contribution in [0.1, 0.15) is 5.69 Å². The van der Waals surface area contributed by atoms with E-state index in [1.165, 1.54) is 15.3 Å². The number of hydrogen-bond acceptors (Lipinski definition) is 1. The van der Waals surface area contributed by atoms with E-state index in [9.17, 15) is 0 Å². The molecule has 0 aliphatic carbocycles. The summed E-state index contributed by atoms with van der Waals surface area (Å²) in [6.45, 7) is 2.08. The molecule has 0 aliphatic rings. The second-order valence-electron chi connectivity index (χ2n) is 2.26. The molecule has 0 bridgehead atoms. The molecule has 1 aromatic heterocycles. The molecule has 1 nitrogen and oxygen atoms in total. The second-order valence-corrected chi connectivity index (χ2v) is 3.95. The van der Waals surface area contributed by atoms with Gasteiger partial charge in [0.2, 0.25) is 0 Å². The van der Waals surface area contributed by atoms with Crippen molar-refractivity contribution in [1.82, 2.24) is 3.98 Å². The summed E-state index contributed by atoms with van der Waals surface area (Å²) in [5, 5.41) is 1.35. The fourth-order valence-electron chi connectivity index (χ4n) is 1.01. The summed E-state index contributed by atoms with van der Waals surface area (Å²) in [6, 6.07) is 8.45. The summed E-state index contributed by atoms with van der Waals surface area (Å²) in [5.74, 6) is 0. The number of aryl methyl sites for hydroxylation is 1. The van der Waals surface area contributed by atoms with Gasteiger partial charge in [-0.25, -0.2) is 0 Å². The monoisotopic (exact) mass is 197 g/mol. The SMILES string of the molecule is Cc1n[se]c2ccccc12. The molecule has 10 heavy (non-hydrogen) atoms. The number of rotatable bonds is 0. The van der Waals surface area contributed by atoms with E-state index in [1.807, 2.05) is 0 Å². The Balaban J connectivity index is 2.93. The molecule has 0 aliphatic heterocycles. The molecule has 0 radical (unpaired) electrons. The van der Waals surface area contributed by atoms with Gasteiger partial charge < -0.3 is 0 Å². The molecule has 2 rings (SSSR count). The first-order valence-electron chi connectivity index (χ1n) is 3.19. The molecule has 0 N–H and O–H groups in total. The van der Waals surface area contributed by atoms with Crippen LogP contribution < -0.4 is 0 Å². The van der Waals surface area contributed by atoms with E-state index < -0.39 is 0 Å². The molecule has 2 aromatic rings. The molecule has 1 aromatic carbocycles. The van der Waals surface area contributed by atoms with Crippen LogP contribution in [0.25, 0.3) is 9.65 Å². The first-order chi connectivity index (χ1) is 4.88. The molecular weight excluding hydrogens is 189 g/mol. The zero-order valence-corrected chi connectivity index (χ0v) is 7.38. The van der Waals surface area contributed by atoms with Gasteiger partial charge in [0.25, 0.3) is 0 Å². The molecule has 0 fully saturated rings. The molecule has 0 amide bonds. The van der Waals surface area contributed by atoms with Gasteiger partial charge in [-0.2, -0.15) is 0 Å². The predicted octanol–water partition coefficient (Wildman–Crippen LogP) is 1.60. The first-order valence-corrected chi connectivity index (χ1v) is 4.81. The van der Waals surface area contributed by atoms with Crippen LogP contribution in [0.15, 0.2) is 24.3 Å². The molecule has 0 atom stereocenters. The van der Waals surface area contributed by atoms with Crippen LogP contribution in [-0.2, 0) is 0 Å². The fraction of sp³-hybridized carbons (Fsp3) is 0.125. The summed E-state index contributed by atoms with van der Waals surface area (Å²) in [4.78, 5) is 0. The number of benzene rings is 1. The molecule has 0 saturated carbocycles. The van der Waals surface area contributed by atoms with Crippen molar-refractivity contribution >= 4 is 24.4 Å². The Morgan fingerprint density at radius 1 is 1.30 bits per heavy atom. The maximum atomic E-state index is 4.38.